The minimum Gasteiger partial charge on any atom is -0.352 e. The van der Waals surface area contributed by atoms with Gasteiger partial charge in [-0.15, -0.1) is 0 Å². The predicted octanol–water partition coefficient (Wildman–Crippen LogP) is 2.35. The molecular weight excluding hydrogens is 491 g/mol. The van der Waals surface area contributed by atoms with Crippen molar-refractivity contribution < 1.29 is 18.0 Å². The zero-order valence-electron chi connectivity index (χ0n) is 19.0. The molecular formula is C22H18F3N11O. The van der Waals surface area contributed by atoms with E-state index in [4.69, 9.17) is 0 Å². The number of pyridine rings is 1. The Morgan fingerprint density at radius 2 is 1.95 bits per heavy atom. The summed E-state index contributed by atoms with van der Waals surface area (Å²) in [5, 5.41) is 16.9. The van der Waals surface area contributed by atoms with Gasteiger partial charge < -0.3 is 9.80 Å². The van der Waals surface area contributed by atoms with E-state index < -0.39 is 11.7 Å². The summed E-state index contributed by atoms with van der Waals surface area (Å²) in [6.45, 7) is 1.22. The Hall–Kier alpha value is -4.82. The van der Waals surface area contributed by atoms with Crippen molar-refractivity contribution >= 4 is 17.4 Å². The first-order valence-corrected chi connectivity index (χ1v) is 11.2. The molecule has 15 heteroatoms. The van der Waals surface area contributed by atoms with Gasteiger partial charge in [-0.1, -0.05) is 0 Å². The molecule has 2 N–H and O–H groups in total. The highest BCUT2D eigenvalue weighted by Gasteiger charge is 2.34. The molecule has 1 atom stereocenters. The number of aromatic amines is 2. The summed E-state index contributed by atoms with van der Waals surface area (Å²) in [5.74, 6) is 0.522. The Morgan fingerprint density at radius 3 is 2.70 bits per heavy atom. The maximum absolute atomic E-state index is 13.3. The molecule has 12 nitrogen and oxygen atoms in total. The minimum atomic E-state index is -4.50. The molecule has 1 fully saturated rings. The lowest BCUT2D eigenvalue weighted by Crippen LogP contribution is -2.51. The second kappa shape index (κ2) is 8.69. The molecule has 37 heavy (non-hydrogen) atoms. The van der Waals surface area contributed by atoms with Gasteiger partial charge in [0.15, 0.2) is 11.5 Å². The van der Waals surface area contributed by atoms with Gasteiger partial charge in [0, 0.05) is 43.8 Å². The molecule has 5 aromatic heterocycles. The highest BCUT2D eigenvalue weighted by Crippen LogP contribution is 2.32. The summed E-state index contributed by atoms with van der Waals surface area (Å²) >= 11 is 0. The highest BCUT2D eigenvalue weighted by atomic mass is 19.4. The Bertz CT molecular complexity index is 1550. The largest absolute Gasteiger partial charge is 0.417 e. The average Bonchev–Trinajstić information content (AvgIpc) is 3.69. The molecule has 1 saturated heterocycles. The number of anilines is 1. The summed E-state index contributed by atoms with van der Waals surface area (Å²) in [7, 11) is 0. The maximum atomic E-state index is 13.3. The number of hydrogen-bond donors (Lipinski definition) is 2. The summed E-state index contributed by atoms with van der Waals surface area (Å²) < 4.78 is 41.2. The van der Waals surface area contributed by atoms with Crippen LogP contribution in [0.4, 0.5) is 19.0 Å². The molecule has 0 radical (unpaired) electrons. The highest BCUT2D eigenvalue weighted by molar-refractivity contribution is 5.92. The van der Waals surface area contributed by atoms with Crippen molar-refractivity contribution in [1.82, 2.24) is 49.9 Å². The van der Waals surface area contributed by atoms with E-state index in [9.17, 15) is 18.0 Å². The van der Waals surface area contributed by atoms with E-state index >= 15 is 0 Å². The number of hydrogen-bond acceptors (Lipinski definition) is 8. The van der Waals surface area contributed by atoms with Gasteiger partial charge in [0.2, 0.25) is 0 Å². The number of nitrogens with zero attached hydrogens (tertiary/aromatic N) is 9. The summed E-state index contributed by atoms with van der Waals surface area (Å²) in [5.41, 5.74) is 0.881. The normalized spacial score (nSPS) is 16.5. The van der Waals surface area contributed by atoms with Crippen molar-refractivity contribution in [2.24, 2.45) is 0 Å². The van der Waals surface area contributed by atoms with Gasteiger partial charge in [-0.3, -0.25) is 14.3 Å². The van der Waals surface area contributed by atoms with Gasteiger partial charge in [0.05, 0.1) is 30.2 Å². The Labute approximate surface area is 206 Å². The van der Waals surface area contributed by atoms with Crippen LogP contribution in [0.15, 0.2) is 55.4 Å². The first-order valence-electron chi connectivity index (χ1n) is 11.2. The number of carbonyl (C=O) groups is 1. The fourth-order valence-electron chi connectivity index (χ4n) is 4.38. The number of aromatic nitrogens is 9. The summed E-state index contributed by atoms with van der Waals surface area (Å²) in [6, 6.07) is 3.64. The number of alkyl halides is 3. The Balaban J connectivity index is 1.32. The molecule has 0 saturated carbocycles. The number of rotatable bonds is 4. The molecule has 1 amide bonds. The zero-order valence-corrected chi connectivity index (χ0v) is 19.0. The van der Waals surface area contributed by atoms with Crippen LogP contribution in [0, 0.1) is 0 Å². The molecule has 188 valence electrons. The second-order valence-corrected chi connectivity index (χ2v) is 8.37. The molecule has 0 spiro atoms. The topological polar surface area (TPSA) is 137 Å². The lowest BCUT2D eigenvalue weighted by Gasteiger charge is -2.41. The van der Waals surface area contributed by atoms with Crippen molar-refractivity contribution in [1.29, 1.82) is 0 Å². The minimum absolute atomic E-state index is 0.206. The number of H-pyrrole nitrogens is 2. The first kappa shape index (κ1) is 22.6. The third-order valence-corrected chi connectivity index (χ3v) is 6.21. The number of carbonyl (C=O) groups excluding carboxylic acids is 1. The van der Waals surface area contributed by atoms with E-state index in [1.807, 2.05) is 4.90 Å². The third-order valence-electron chi connectivity index (χ3n) is 6.21. The van der Waals surface area contributed by atoms with Gasteiger partial charge in [-0.25, -0.2) is 15.0 Å². The third kappa shape index (κ3) is 4.13. The molecule has 0 aromatic carbocycles. The fourth-order valence-corrected chi connectivity index (χ4v) is 4.38. The van der Waals surface area contributed by atoms with Gasteiger partial charge in [-0.2, -0.15) is 33.7 Å². The van der Waals surface area contributed by atoms with E-state index in [1.54, 1.807) is 29.6 Å². The molecule has 0 aliphatic carbocycles. The van der Waals surface area contributed by atoms with Crippen LogP contribution in [0.1, 0.15) is 27.7 Å². The van der Waals surface area contributed by atoms with Crippen molar-refractivity contribution in [2.75, 3.05) is 24.5 Å². The number of piperazine rings is 1. The van der Waals surface area contributed by atoms with Crippen LogP contribution in [0.3, 0.4) is 0 Å². The molecule has 5 aromatic rings. The van der Waals surface area contributed by atoms with Gasteiger partial charge in [0.1, 0.15) is 17.2 Å². The zero-order chi connectivity index (χ0) is 25.6. The van der Waals surface area contributed by atoms with E-state index in [-0.39, 0.29) is 23.5 Å². The van der Waals surface area contributed by atoms with Crippen molar-refractivity contribution in [3.8, 4) is 11.5 Å². The lowest BCUT2D eigenvalue weighted by atomic mass is 10.1. The standard InChI is InChI=1S/C22H18F3N11O/c23-22(24,25)14-1-2-18-27-10-16(36(18)11-14)20-26-4-3-19(31-20)34-5-6-35(21(37)15-9-30-33-32-15)17(12-34)13-7-28-29-8-13/h1-4,7-11,17H,5-6,12H2,(H,28,29)(H,30,32,33). The van der Waals surface area contributed by atoms with Crippen LogP contribution in [0.25, 0.3) is 17.2 Å². The molecule has 1 unspecified atom stereocenters. The smallest absolute Gasteiger partial charge is 0.352 e. The van der Waals surface area contributed by atoms with E-state index in [1.165, 1.54) is 22.9 Å². The number of amides is 1. The summed E-state index contributed by atoms with van der Waals surface area (Å²) in [4.78, 5) is 29.9. The lowest BCUT2D eigenvalue weighted by molar-refractivity contribution is -0.137. The molecule has 1 aliphatic rings. The van der Waals surface area contributed by atoms with E-state index in [2.05, 4.69) is 40.6 Å². The molecule has 6 heterocycles. The van der Waals surface area contributed by atoms with Crippen LogP contribution in [-0.4, -0.2) is 75.4 Å². The van der Waals surface area contributed by atoms with Crippen molar-refractivity contribution in [3.05, 3.63) is 72.2 Å². The number of fused-ring (bicyclic) bond motifs is 1. The van der Waals surface area contributed by atoms with E-state index in [0.29, 0.717) is 36.8 Å². The SMILES string of the molecule is O=C(c1cn[nH]n1)N1CCN(c2ccnc(-c3cnc4ccc(C(F)(F)F)cn34)n2)CC1c1cn[nH]c1. The van der Waals surface area contributed by atoms with Crippen LogP contribution in [0.5, 0.6) is 0 Å². The monoisotopic (exact) mass is 509 g/mol. The van der Waals surface area contributed by atoms with Gasteiger partial charge in [-0.05, 0) is 18.2 Å². The number of nitrogens with one attached hydrogen (secondary N) is 2. The van der Waals surface area contributed by atoms with Crippen molar-refractivity contribution in [3.63, 3.8) is 0 Å². The summed E-state index contributed by atoms with van der Waals surface area (Å²) in [6.07, 6.45) is 4.22. The van der Waals surface area contributed by atoms with Crippen LogP contribution in [0.2, 0.25) is 0 Å². The maximum Gasteiger partial charge on any atom is 0.417 e. The molecule has 6 rings (SSSR count). The average molecular weight is 509 g/mol. The van der Waals surface area contributed by atoms with Crippen LogP contribution >= 0.6 is 0 Å². The van der Waals surface area contributed by atoms with Crippen LogP contribution < -0.4 is 4.90 Å². The molecule has 1 aliphatic heterocycles. The Kier molecular flexibility index (Phi) is 5.31. The van der Waals surface area contributed by atoms with Crippen LogP contribution in [-0.2, 0) is 6.18 Å². The Morgan fingerprint density at radius 1 is 1.05 bits per heavy atom. The quantitative estimate of drug-likeness (QED) is 0.377. The number of imidazole rings is 1. The molecule has 0 bridgehead atoms. The van der Waals surface area contributed by atoms with Crippen molar-refractivity contribution in [2.45, 2.75) is 12.2 Å². The second-order valence-electron chi connectivity index (χ2n) is 8.37. The van der Waals surface area contributed by atoms with Gasteiger partial charge >= 0.3 is 6.18 Å². The first-order chi connectivity index (χ1) is 17.9. The predicted molar refractivity (Wildman–Crippen MR) is 122 cm³/mol. The fraction of sp³-hybridized carbons (Fsp3) is 0.227. The number of halogens is 3. The van der Waals surface area contributed by atoms with E-state index in [0.717, 1.165) is 17.8 Å². The van der Waals surface area contributed by atoms with Gasteiger partial charge in [0.25, 0.3) is 5.91 Å².